The zero-order valence-electron chi connectivity index (χ0n) is 14.7. The summed E-state index contributed by atoms with van der Waals surface area (Å²) in [6, 6.07) is 12.1. The molecule has 5 nitrogen and oxygen atoms in total. The second kappa shape index (κ2) is 7.94. The molecule has 0 saturated carbocycles. The second-order valence-corrected chi connectivity index (χ2v) is 6.16. The van der Waals surface area contributed by atoms with Gasteiger partial charge >= 0.3 is 0 Å². The van der Waals surface area contributed by atoms with Gasteiger partial charge < -0.3 is 14.6 Å². The van der Waals surface area contributed by atoms with Crippen molar-refractivity contribution in [2.45, 2.75) is 26.4 Å². The monoisotopic (exact) mass is 337 g/mol. The molecule has 0 unspecified atom stereocenters. The van der Waals surface area contributed by atoms with Crippen molar-refractivity contribution in [1.82, 2.24) is 14.9 Å². The molecule has 0 radical (unpaired) electrons. The number of amides is 1. The molecular weight excluding hydrogens is 314 g/mol. The van der Waals surface area contributed by atoms with E-state index in [1.54, 1.807) is 13.3 Å². The van der Waals surface area contributed by atoms with Gasteiger partial charge in [-0.1, -0.05) is 29.8 Å². The third kappa shape index (κ3) is 4.25. The Bertz CT molecular complexity index is 870. The molecule has 0 saturated heterocycles. The van der Waals surface area contributed by atoms with Crippen molar-refractivity contribution in [1.29, 1.82) is 0 Å². The number of pyridine rings is 1. The van der Waals surface area contributed by atoms with E-state index in [1.165, 1.54) is 5.56 Å². The van der Waals surface area contributed by atoms with Gasteiger partial charge in [0.1, 0.15) is 5.65 Å². The summed E-state index contributed by atoms with van der Waals surface area (Å²) in [7, 11) is 1.68. The van der Waals surface area contributed by atoms with Crippen LogP contribution in [0.2, 0.25) is 0 Å². The van der Waals surface area contributed by atoms with E-state index in [-0.39, 0.29) is 5.91 Å². The molecule has 130 valence electrons. The van der Waals surface area contributed by atoms with Gasteiger partial charge in [-0.2, -0.15) is 0 Å². The highest BCUT2D eigenvalue weighted by Crippen LogP contribution is 2.20. The molecule has 3 aromatic rings. The van der Waals surface area contributed by atoms with Crippen molar-refractivity contribution in [3.8, 4) is 0 Å². The molecule has 2 heterocycles. The molecule has 1 amide bonds. The summed E-state index contributed by atoms with van der Waals surface area (Å²) in [5, 5.41) is 4.02. The van der Waals surface area contributed by atoms with Gasteiger partial charge in [-0.25, -0.2) is 4.98 Å². The van der Waals surface area contributed by atoms with Gasteiger partial charge in [-0.15, -0.1) is 0 Å². The van der Waals surface area contributed by atoms with Gasteiger partial charge in [0.2, 0.25) is 5.91 Å². The fourth-order valence-corrected chi connectivity index (χ4v) is 2.95. The Morgan fingerprint density at radius 1 is 1.28 bits per heavy atom. The maximum Gasteiger partial charge on any atom is 0.224 e. The van der Waals surface area contributed by atoms with Gasteiger partial charge in [-0.3, -0.25) is 4.79 Å². The summed E-state index contributed by atoms with van der Waals surface area (Å²) < 4.78 is 7.20. The third-order valence-corrected chi connectivity index (χ3v) is 4.18. The maximum atomic E-state index is 12.4. The number of ether oxygens (including phenoxy) is 1. The Labute approximate surface area is 147 Å². The van der Waals surface area contributed by atoms with Crippen LogP contribution in [0.4, 0.5) is 0 Å². The van der Waals surface area contributed by atoms with Crippen molar-refractivity contribution < 1.29 is 9.53 Å². The molecule has 1 aromatic carbocycles. The molecule has 0 aliphatic carbocycles. The van der Waals surface area contributed by atoms with Crippen LogP contribution in [-0.4, -0.2) is 29.2 Å². The summed E-state index contributed by atoms with van der Waals surface area (Å²) in [6.45, 7) is 3.92. The van der Waals surface area contributed by atoms with Crippen LogP contribution in [0.5, 0.6) is 0 Å². The first kappa shape index (κ1) is 17.2. The Kier molecular flexibility index (Phi) is 5.46. The smallest absolute Gasteiger partial charge is 0.224 e. The number of aromatic nitrogens is 2. The number of rotatable bonds is 7. The topological polar surface area (TPSA) is 56.1 Å². The third-order valence-electron chi connectivity index (χ3n) is 4.18. The quantitative estimate of drug-likeness (QED) is 0.721. The lowest BCUT2D eigenvalue weighted by atomic mass is 10.1. The number of nitrogens with one attached hydrogen (secondary N) is 1. The van der Waals surface area contributed by atoms with E-state index < -0.39 is 0 Å². The zero-order valence-corrected chi connectivity index (χ0v) is 14.7. The van der Waals surface area contributed by atoms with E-state index in [0.29, 0.717) is 19.6 Å². The molecule has 1 N–H and O–H groups in total. The maximum absolute atomic E-state index is 12.4. The second-order valence-electron chi connectivity index (χ2n) is 6.16. The summed E-state index contributed by atoms with van der Waals surface area (Å²) in [5.74, 6) is 0.0103. The van der Waals surface area contributed by atoms with E-state index in [1.807, 2.05) is 48.0 Å². The highest BCUT2D eigenvalue weighted by molar-refractivity contribution is 5.87. The van der Waals surface area contributed by atoms with E-state index in [4.69, 9.17) is 4.74 Å². The molecule has 25 heavy (non-hydrogen) atoms. The van der Waals surface area contributed by atoms with E-state index in [2.05, 4.69) is 16.4 Å². The van der Waals surface area contributed by atoms with Crippen LogP contribution < -0.4 is 5.32 Å². The van der Waals surface area contributed by atoms with Crippen LogP contribution in [-0.2, 0) is 29.0 Å². The Hall–Kier alpha value is -2.66. The Morgan fingerprint density at radius 2 is 2.16 bits per heavy atom. The average Bonchev–Trinajstić information content (AvgIpc) is 2.96. The van der Waals surface area contributed by atoms with Crippen molar-refractivity contribution in [3.63, 3.8) is 0 Å². The summed E-state index contributed by atoms with van der Waals surface area (Å²) in [6.07, 6.45) is 4.12. The normalized spacial score (nSPS) is 11.0. The minimum Gasteiger partial charge on any atom is -0.383 e. The average molecular weight is 337 g/mol. The number of benzene rings is 1. The SMILES string of the molecule is COCCn1cc(CC(=O)NCc2cccc(C)c2)c2cccnc21. The molecule has 5 heteroatoms. The van der Waals surface area contributed by atoms with Crippen LogP contribution >= 0.6 is 0 Å². The molecule has 3 rings (SSSR count). The van der Waals surface area contributed by atoms with Gasteiger partial charge in [0.25, 0.3) is 0 Å². The lowest BCUT2D eigenvalue weighted by Gasteiger charge is -2.06. The first-order valence-corrected chi connectivity index (χ1v) is 8.41. The molecule has 0 fully saturated rings. The van der Waals surface area contributed by atoms with Gasteiger partial charge in [-0.05, 0) is 30.2 Å². The molecule has 0 bridgehead atoms. The number of hydrogen-bond acceptors (Lipinski definition) is 3. The number of hydrogen-bond donors (Lipinski definition) is 1. The minimum absolute atomic E-state index is 0.0103. The molecular formula is C20H23N3O2. The number of aryl methyl sites for hydroxylation is 1. The lowest BCUT2D eigenvalue weighted by Crippen LogP contribution is -2.24. The fourth-order valence-electron chi connectivity index (χ4n) is 2.95. The highest BCUT2D eigenvalue weighted by atomic mass is 16.5. The number of nitrogens with zero attached hydrogens (tertiary/aromatic N) is 2. The predicted molar refractivity (Wildman–Crippen MR) is 98.3 cm³/mol. The zero-order chi connectivity index (χ0) is 17.6. The minimum atomic E-state index is 0.0103. The molecule has 0 atom stereocenters. The largest absolute Gasteiger partial charge is 0.383 e. The first-order valence-electron chi connectivity index (χ1n) is 8.41. The predicted octanol–water partition coefficient (Wildman–Crippen LogP) is 2.85. The van der Waals surface area contributed by atoms with Crippen LogP contribution in [0.3, 0.4) is 0 Å². The molecule has 0 aliphatic rings. The van der Waals surface area contributed by atoms with E-state index in [9.17, 15) is 4.79 Å². The van der Waals surface area contributed by atoms with E-state index >= 15 is 0 Å². The molecule has 0 aliphatic heterocycles. The van der Waals surface area contributed by atoms with Crippen molar-refractivity contribution in [2.24, 2.45) is 0 Å². The van der Waals surface area contributed by atoms with Crippen LogP contribution in [0.25, 0.3) is 11.0 Å². The number of carbonyl (C=O) groups is 1. The Balaban J connectivity index is 1.70. The fraction of sp³-hybridized carbons (Fsp3) is 0.300. The van der Waals surface area contributed by atoms with Gasteiger partial charge in [0, 0.05) is 38.0 Å². The summed E-state index contributed by atoms with van der Waals surface area (Å²) >= 11 is 0. The number of carbonyl (C=O) groups excluding carboxylic acids is 1. The van der Waals surface area contributed by atoms with Crippen LogP contribution in [0, 0.1) is 6.92 Å². The van der Waals surface area contributed by atoms with E-state index in [0.717, 1.165) is 28.7 Å². The summed E-state index contributed by atoms with van der Waals surface area (Å²) in [5.41, 5.74) is 4.18. The lowest BCUT2D eigenvalue weighted by molar-refractivity contribution is -0.120. The molecule has 2 aromatic heterocycles. The highest BCUT2D eigenvalue weighted by Gasteiger charge is 2.12. The Morgan fingerprint density at radius 3 is 2.96 bits per heavy atom. The standard InChI is InChI=1S/C20H23N3O2/c1-15-5-3-6-16(11-15)13-22-19(24)12-17-14-23(9-10-25-2)20-18(17)7-4-8-21-20/h3-8,11,14H,9-10,12-13H2,1-2H3,(H,22,24). The number of methoxy groups -OCH3 is 1. The van der Waals surface area contributed by atoms with Crippen LogP contribution in [0.15, 0.2) is 48.8 Å². The van der Waals surface area contributed by atoms with Gasteiger partial charge in [0.05, 0.1) is 13.0 Å². The number of fused-ring (bicyclic) bond motifs is 1. The van der Waals surface area contributed by atoms with Gasteiger partial charge in [0.15, 0.2) is 0 Å². The van der Waals surface area contributed by atoms with Crippen molar-refractivity contribution in [3.05, 3.63) is 65.5 Å². The van der Waals surface area contributed by atoms with Crippen molar-refractivity contribution >= 4 is 16.9 Å². The first-order chi connectivity index (χ1) is 12.2. The summed E-state index contributed by atoms with van der Waals surface area (Å²) in [4.78, 5) is 16.8. The van der Waals surface area contributed by atoms with Crippen LogP contribution in [0.1, 0.15) is 16.7 Å². The molecule has 0 spiro atoms. The van der Waals surface area contributed by atoms with Crippen molar-refractivity contribution in [2.75, 3.05) is 13.7 Å².